The second-order valence-corrected chi connectivity index (χ2v) is 8.09. The van der Waals surface area contributed by atoms with Gasteiger partial charge >= 0.3 is 0 Å². The molecule has 5 nitrogen and oxygen atoms in total. The average Bonchev–Trinajstić information content (AvgIpc) is 3.03. The molecular weight excluding hydrogens is 425 g/mol. The zero-order valence-corrected chi connectivity index (χ0v) is 18.7. The van der Waals surface area contributed by atoms with Gasteiger partial charge in [-0.25, -0.2) is 0 Å². The molecule has 1 aliphatic carbocycles. The van der Waals surface area contributed by atoms with Gasteiger partial charge in [0.15, 0.2) is 5.96 Å². The van der Waals surface area contributed by atoms with E-state index in [0.717, 1.165) is 30.9 Å². The molecule has 0 spiro atoms. The van der Waals surface area contributed by atoms with E-state index in [1.165, 1.54) is 65.0 Å². The SMILES string of the molecule is CCNC(=NCC(C)N1CCN(C)CC1)N1CC2CCCCC2C1.I. The fourth-order valence-corrected chi connectivity index (χ4v) is 4.60. The molecule has 3 fully saturated rings. The molecule has 2 aliphatic heterocycles. The van der Waals surface area contributed by atoms with Crippen molar-refractivity contribution in [2.75, 3.05) is 59.4 Å². The van der Waals surface area contributed by atoms with E-state index in [9.17, 15) is 0 Å². The molecule has 25 heavy (non-hydrogen) atoms. The van der Waals surface area contributed by atoms with Crippen molar-refractivity contribution in [3.63, 3.8) is 0 Å². The Kier molecular flexibility index (Phi) is 8.75. The lowest BCUT2D eigenvalue weighted by Gasteiger charge is -2.36. The summed E-state index contributed by atoms with van der Waals surface area (Å²) in [5.74, 6) is 2.99. The number of nitrogens with zero attached hydrogens (tertiary/aromatic N) is 4. The van der Waals surface area contributed by atoms with Crippen LogP contribution in [0.1, 0.15) is 39.5 Å². The molecular formula is C19H38IN5. The number of fused-ring (bicyclic) bond motifs is 1. The molecule has 6 heteroatoms. The maximum absolute atomic E-state index is 5.02. The standard InChI is InChI=1S/C19H37N5.HI/c1-4-20-19(24-14-17-7-5-6-8-18(17)15-24)21-13-16(2)23-11-9-22(3)10-12-23;/h16-18H,4-15H2,1-3H3,(H,20,21);1H. The van der Waals surface area contributed by atoms with Gasteiger partial charge in [0, 0.05) is 51.9 Å². The minimum atomic E-state index is 0. The highest BCUT2D eigenvalue weighted by Gasteiger charge is 2.35. The first kappa shape index (κ1) is 21.2. The van der Waals surface area contributed by atoms with Crippen molar-refractivity contribution < 1.29 is 0 Å². The van der Waals surface area contributed by atoms with Crippen molar-refractivity contribution >= 4 is 29.9 Å². The van der Waals surface area contributed by atoms with Gasteiger partial charge in [0.25, 0.3) is 0 Å². The molecule has 0 aromatic heterocycles. The maximum Gasteiger partial charge on any atom is 0.193 e. The van der Waals surface area contributed by atoms with E-state index in [2.05, 4.69) is 40.9 Å². The van der Waals surface area contributed by atoms with Gasteiger partial charge in [-0.15, -0.1) is 24.0 Å². The number of hydrogen-bond donors (Lipinski definition) is 1. The lowest BCUT2D eigenvalue weighted by molar-refractivity contribution is 0.122. The van der Waals surface area contributed by atoms with Crippen LogP contribution in [0.5, 0.6) is 0 Å². The highest BCUT2D eigenvalue weighted by Crippen LogP contribution is 2.35. The second-order valence-electron chi connectivity index (χ2n) is 8.09. The number of nitrogens with one attached hydrogen (secondary N) is 1. The van der Waals surface area contributed by atoms with Crippen LogP contribution < -0.4 is 5.32 Å². The van der Waals surface area contributed by atoms with Crippen molar-refractivity contribution in [2.45, 2.75) is 45.6 Å². The van der Waals surface area contributed by atoms with Gasteiger partial charge in [-0.05, 0) is 45.6 Å². The number of aliphatic imine (C=N–C) groups is 1. The smallest absolute Gasteiger partial charge is 0.193 e. The second kappa shape index (κ2) is 10.3. The van der Waals surface area contributed by atoms with Crippen LogP contribution in [0.3, 0.4) is 0 Å². The van der Waals surface area contributed by atoms with E-state index in [4.69, 9.17) is 4.99 Å². The molecule has 3 atom stereocenters. The Hall–Kier alpha value is -0.0800. The van der Waals surface area contributed by atoms with Crippen LogP contribution in [-0.4, -0.2) is 86.1 Å². The number of likely N-dealkylation sites (tertiary alicyclic amines) is 1. The van der Waals surface area contributed by atoms with E-state index < -0.39 is 0 Å². The minimum absolute atomic E-state index is 0. The van der Waals surface area contributed by atoms with Gasteiger partial charge in [-0.3, -0.25) is 9.89 Å². The van der Waals surface area contributed by atoms with Gasteiger partial charge in [-0.1, -0.05) is 12.8 Å². The van der Waals surface area contributed by atoms with Crippen LogP contribution in [0, 0.1) is 11.8 Å². The molecule has 146 valence electrons. The number of hydrogen-bond acceptors (Lipinski definition) is 3. The lowest BCUT2D eigenvalue weighted by atomic mass is 9.82. The maximum atomic E-state index is 5.02. The molecule has 1 N–H and O–H groups in total. The minimum Gasteiger partial charge on any atom is -0.357 e. The Morgan fingerprint density at radius 2 is 1.68 bits per heavy atom. The monoisotopic (exact) mass is 463 g/mol. The summed E-state index contributed by atoms with van der Waals surface area (Å²) in [7, 11) is 2.22. The number of halogens is 1. The largest absolute Gasteiger partial charge is 0.357 e. The molecule has 0 bridgehead atoms. The zero-order chi connectivity index (χ0) is 16.9. The third-order valence-corrected chi connectivity index (χ3v) is 6.28. The van der Waals surface area contributed by atoms with Crippen LogP contribution >= 0.6 is 24.0 Å². The van der Waals surface area contributed by atoms with Crippen LogP contribution in [-0.2, 0) is 0 Å². The summed E-state index contributed by atoms with van der Waals surface area (Å²) in [6, 6.07) is 0.539. The summed E-state index contributed by atoms with van der Waals surface area (Å²) in [4.78, 5) is 12.6. The third kappa shape index (κ3) is 5.70. The first-order chi connectivity index (χ1) is 11.7. The average molecular weight is 463 g/mol. The third-order valence-electron chi connectivity index (χ3n) is 6.28. The van der Waals surface area contributed by atoms with Crippen LogP contribution in [0.15, 0.2) is 4.99 Å². The molecule has 2 saturated heterocycles. The first-order valence-electron chi connectivity index (χ1n) is 10.1. The predicted octanol–water partition coefficient (Wildman–Crippen LogP) is 2.33. The molecule has 2 heterocycles. The summed E-state index contributed by atoms with van der Waals surface area (Å²) in [6.45, 7) is 13.6. The van der Waals surface area contributed by atoms with Crippen molar-refractivity contribution in [3.05, 3.63) is 0 Å². The van der Waals surface area contributed by atoms with E-state index in [1.54, 1.807) is 0 Å². The number of rotatable bonds is 4. The van der Waals surface area contributed by atoms with Gasteiger partial charge in [0.05, 0.1) is 6.54 Å². The quantitative estimate of drug-likeness (QED) is 0.394. The van der Waals surface area contributed by atoms with Crippen molar-refractivity contribution in [2.24, 2.45) is 16.8 Å². The summed E-state index contributed by atoms with van der Waals surface area (Å²) in [5.41, 5.74) is 0. The summed E-state index contributed by atoms with van der Waals surface area (Å²) in [6.07, 6.45) is 5.72. The van der Waals surface area contributed by atoms with Crippen molar-refractivity contribution in [1.29, 1.82) is 0 Å². The molecule has 1 saturated carbocycles. The van der Waals surface area contributed by atoms with Gasteiger partial charge in [0.2, 0.25) is 0 Å². The normalized spacial score (nSPS) is 29.9. The zero-order valence-electron chi connectivity index (χ0n) is 16.4. The van der Waals surface area contributed by atoms with Gasteiger partial charge < -0.3 is 15.1 Å². The Labute approximate surface area is 171 Å². The Bertz CT molecular complexity index is 408. The van der Waals surface area contributed by atoms with Crippen molar-refractivity contribution in [1.82, 2.24) is 20.0 Å². The van der Waals surface area contributed by atoms with Crippen LogP contribution in [0.25, 0.3) is 0 Å². The topological polar surface area (TPSA) is 34.1 Å². The van der Waals surface area contributed by atoms with E-state index in [1.807, 2.05) is 0 Å². The summed E-state index contributed by atoms with van der Waals surface area (Å²) >= 11 is 0. The van der Waals surface area contributed by atoms with E-state index >= 15 is 0 Å². The number of guanidine groups is 1. The van der Waals surface area contributed by atoms with Crippen LogP contribution in [0.2, 0.25) is 0 Å². The summed E-state index contributed by atoms with van der Waals surface area (Å²) < 4.78 is 0. The summed E-state index contributed by atoms with van der Waals surface area (Å²) in [5, 5.41) is 3.55. The number of piperazine rings is 1. The molecule has 3 rings (SSSR count). The highest BCUT2D eigenvalue weighted by molar-refractivity contribution is 14.0. The molecule has 0 radical (unpaired) electrons. The Morgan fingerprint density at radius 3 is 2.24 bits per heavy atom. The predicted molar refractivity (Wildman–Crippen MR) is 117 cm³/mol. The molecule has 0 amide bonds. The lowest BCUT2D eigenvalue weighted by Crippen LogP contribution is -2.49. The molecule has 3 unspecified atom stereocenters. The van der Waals surface area contributed by atoms with Gasteiger partial charge in [0.1, 0.15) is 0 Å². The van der Waals surface area contributed by atoms with Crippen molar-refractivity contribution in [3.8, 4) is 0 Å². The molecule has 0 aromatic rings. The number of likely N-dealkylation sites (N-methyl/N-ethyl adjacent to an activating group) is 1. The molecule has 3 aliphatic rings. The highest BCUT2D eigenvalue weighted by atomic mass is 127. The molecule has 0 aromatic carbocycles. The van der Waals surface area contributed by atoms with Crippen LogP contribution in [0.4, 0.5) is 0 Å². The van der Waals surface area contributed by atoms with E-state index in [0.29, 0.717) is 6.04 Å². The van der Waals surface area contributed by atoms with Gasteiger partial charge in [-0.2, -0.15) is 0 Å². The Balaban J connectivity index is 0.00000225. The fourth-order valence-electron chi connectivity index (χ4n) is 4.60. The Morgan fingerprint density at radius 1 is 1.08 bits per heavy atom. The fraction of sp³-hybridized carbons (Fsp3) is 0.947. The first-order valence-corrected chi connectivity index (χ1v) is 10.1. The van der Waals surface area contributed by atoms with E-state index in [-0.39, 0.29) is 24.0 Å².